The third-order valence-electron chi connectivity index (χ3n) is 4.30. The smallest absolute Gasteiger partial charge is 0.273 e. The highest BCUT2D eigenvalue weighted by Crippen LogP contribution is 2.27. The summed E-state index contributed by atoms with van der Waals surface area (Å²) in [5.74, 6) is 0.843. The fraction of sp³-hybridized carbons (Fsp3) is 0.222. The Balaban J connectivity index is 1.65. The molecule has 1 aromatic heterocycles. The van der Waals surface area contributed by atoms with Gasteiger partial charge in [0.25, 0.3) is 5.91 Å². The first-order chi connectivity index (χ1) is 11.7. The SMILES string of the molecule is COc1ccc(CN2CCn3nc4ccc(Br)cc4c3C2=O)cc1. The predicted octanol–water partition coefficient (Wildman–Crippen LogP) is 3.46. The molecule has 0 saturated heterocycles. The Hall–Kier alpha value is -2.34. The lowest BCUT2D eigenvalue weighted by Gasteiger charge is -2.27. The van der Waals surface area contributed by atoms with Gasteiger partial charge in [-0.25, -0.2) is 0 Å². The van der Waals surface area contributed by atoms with Crippen molar-refractivity contribution in [2.75, 3.05) is 13.7 Å². The number of rotatable bonds is 3. The van der Waals surface area contributed by atoms with Crippen molar-refractivity contribution in [1.82, 2.24) is 14.7 Å². The van der Waals surface area contributed by atoms with E-state index in [2.05, 4.69) is 21.0 Å². The van der Waals surface area contributed by atoms with Gasteiger partial charge in [0.15, 0.2) is 0 Å². The summed E-state index contributed by atoms with van der Waals surface area (Å²) < 4.78 is 7.95. The molecule has 6 heteroatoms. The third-order valence-corrected chi connectivity index (χ3v) is 4.80. The zero-order valence-corrected chi connectivity index (χ0v) is 14.8. The maximum atomic E-state index is 13.0. The van der Waals surface area contributed by atoms with E-state index in [0.29, 0.717) is 25.3 Å². The first-order valence-corrected chi connectivity index (χ1v) is 8.53. The molecule has 0 atom stereocenters. The zero-order chi connectivity index (χ0) is 16.7. The molecular formula is C18H16BrN3O2. The van der Waals surface area contributed by atoms with Crippen LogP contribution in [0.25, 0.3) is 10.9 Å². The Kier molecular flexibility index (Phi) is 3.76. The molecule has 5 nitrogen and oxygen atoms in total. The van der Waals surface area contributed by atoms with Gasteiger partial charge in [-0.15, -0.1) is 0 Å². The van der Waals surface area contributed by atoms with Crippen LogP contribution in [-0.4, -0.2) is 34.2 Å². The van der Waals surface area contributed by atoms with Crippen molar-refractivity contribution in [3.05, 3.63) is 58.2 Å². The highest BCUT2D eigenvalue weighted by atomic mass is 79.9. The highest BCUT2D eigenvalue weighted by molar-refractivity contribution is 9.10. The molecule has 24 heavy (non-hydrogen) atoms. The molecule has 0 spiro atoms. The van der Waals surface area contributed by atoms with Crippen molar-refractivity contribution in [2.24, 2.45) is 0 Å². The first-order valence-electron chi connectivity index (χ1n) is 7.74. The topological polar surface area (TPSA) is 47.4 Å². The van der Waals surface area contributed by atoms with E-state index >= 15 is 0 Å². The Labute approximate surface area is 147 Å². The quantitative estimate of drug-likeness (QED) is 0.693. The standard InChI is InChI=1S/C18H16BrN3O2/c1-24-14-5-2-12(3-6-14)11-21-8-9-22-17(18(21)23)15-10-13(19)4-7-16(15)20-22/h2-7,10H,8-9,11H2,1H3. The average molecular weight is 386 g/mol. The van der Waals surface area contributed by atoms with Crippen LogP contribution in [0.1, 0.15) is 16.1 Å². The molecule has 2 aromatic carbocycles. The van der Waals surface area contributed by atoms with Crippen LogP contribution >= 0.6 is 15.9 Å². The van der Waals surface area contributed by atoms with E-state index in [-0.39, 0.29) is 5.91 Å². The summed E-state index contributed by atoms with van der Waals surface area (Å²) in [4.78, 5) is 14.8. The van der Waals surface area contributed by atoms with Gasteiger partial charge < -0.3 is 9.64 Å². The van der Waals surface area contributed by atoms with E-state index in [0.717, 1.165) is 26.7 Å². The van der Waals surface area contributed by atoms with Gasteiger partial charge in [0.05, 0.1) is 19.2 Å². The molecule has 0 unspecified atom stereocenters. The molecule has 1 aliphatic heterocycles. The van der Waals surface area contributed by atoms with E-state index in [1.165, 1.54) is 0 Å². The van der Waals surface area contributed by atoms with Crippen molar-refractivity contribution < 1.29 is 9.53 Å². The summed E-state index contributed by atoms with van der Waals surface area (Å²) in [6.45, 7) is 1.96. The molecule has 1 aliphatic rings. The number of benzene rings is 2. The molecule has 0 fully saturated rings. The maximum absolute atomic E-state index is 13.0. The number of ether oxygens (including phenoxy) is 1. The maximum Gasteiger partial charge on any atom is 0.273 e. The summed E-state index contributed by atoms with van der Waals surface area (Å²) >= 11 is 3.47. The van der Waals surface area contributed by atoms with Gasteiger partial charge in [0.2, 0.25) is 0 Å². The second kappa shape index (κ2) is 5.94. The minimum atomic E-state index is 0.0256. The summed E-state index contributed by atoms with van der Waals surface area (Å²) in [5, 5.41) is 5.44. The van der Waals surface area contributed by atoms with Gasteiger partial charge in [0.1, 0.15) is 11.4 Å². The van der Waals surface area contributed by atoms with Crippen LogP contribution in [0.3, 0.4) is 0 Å². The van der Waals surface area contributed by atoms with E-state index in [9.17, 15) is 4.79 Å². The number of aromatic nitrogens is 2. The molecule has 0 bridgehead atoms. The molecule has 0 aliphatic carbocycles. The number of carbonyl (C=O) groups excluding carboxylic acids is 1. The fourth-order valence-electron chi connectivity index (χ4n) is 3.06. The first kappa shape index (κ1) is 15.2. The van der Waals surface area contributed by atoms with Crippen LogP contribution < -0.4 is 4.74 Å². The number of halogens is 1. The van der Waals surface area contributed by atoms with Crippen molar-refractivity contribution >= 4 is 32.7 Å². The van der Waals surface area contributed by atoms with Crippen LogP contribution in [0.15, 0.2) is 46.9 Å². The number of methoxy groups -OCH3 is 1. The third kappa shape index (κ3) is 2.57. The molecule has 0 radical (unpaired) electrons. The molecule has 0 N–H and O–H groups in total. The number of hydrogen-bond donors (Lipinski definition) is 0. The van der Waals surface area contributed by atoms with Crippen molar-refractivity contribution in [1.29, 1.82) is 0 Å². The minimum Gasteiger partial charge on any atom is -0.497 e. The molecule has 122 valence electrons. The van der Waals surface area contributed by atoms with Gasteiger partial charge in [-0.2, -0.15) is 5.10 Å². The summed E-state index contributed by atoms with van der Waals surface area (Å²) in [6.07, 6.45) is 0. The largest absolute Gasteiger partial charge is 0.497 e. The van der Waals surface area contributed by atoms with E-state index in [1.54, 1.807) is 7.11 Å². The van der Waals surface area contributed by atoms with Crippen LogP contribution in [0, 0.1) is 0 Å². The second-order valence-corrected chi connectivity index (χ2v) is 6.72. The molecule has 1 amide bonds. The Morgan fingerprint density at radius 1 is 1.17 bits per heavy atom. The summed E-state index contributed by atoms with van der Waals surface area (Å²) in [5.41, 5.74) is 2.61. The predicted molar refractivity (Wildman–Crippen MR) is 95.2 cm³/mol. The lowest BCUT2D eigenvalue weighted by atomic mass is 10.1. The summed E-state index contributed by atoms with van der Waals surface area (Å²) in [6, 6.07) is 13.7. The highest BCUT2D eigenvalue weighted by Gasteiger charge is 2.28. The Morgan fingerprint density at radius 3 is 2.71 bits per heavy atom. The lowest BCUT2D eigenvalue weighted by molar-refractivity contribution is 0.0686. The lowest BCUT2D eigenvalue weighted by Crippen LogP contribution is -2.39. The number of hydrogen-bond acceptors (Lipinski definition) is 3. The van der Waals surface area contributed by atoms with Crippen LogP contribution in [0.5, 0.6) is 5.75 Å². The van der Waals surface area contributed by atoms with Crippen LogP contribution in [-0.2, 0) is 13.1 Å². The Bertz CT molecular complexity index is 918. The monoisotopic (exact) mass is 385 g/mol. The fourth-order valence-corrected chi connectivity index (χ4v) is 3.42. The van der Waals surface area contributed by atoms with Crippen LogP contribution in [0.2, 0.25) is 0 Å². The van der Waals surface area contributed by atoms with Gasteiger partial charge in [-0.05, 0) is 35.9 Å². The average Bonchev–Trinajstić information content (AvgIpc) is 2.96. The molecule has 0 saturated carbocycles. The molecule has 4 rings (SSSR count). The van der Waals surface area contributed by atoms with Gasteiger partial charge in [-0.1, -0.05) is 28.1 Å². The second-order valence-electron chi connectivity index (χ2n) is 5.81. The molecular weight excluding hydrogens is 370 g/mol. The normalized spacial score (nSPS) is 14.1. The number of fused-ring (bicyclic) bond motifs is 3. The van der Waals surface area contributed by atoms with Gasteiger partial charge in [0, 0.05) is 22.9 Å². The van der Waals surface area contributed by atoms with Crippen molar-refractivity contribution in [3.8, 4) is 5.75 Å². The number of amides is 1. The van der Waals surface area contributed by atoms with E-state index in [1.807, 2.05) is 52.0 Å². The van der Waals surface area contributed by atoms with E-state index in [4.69, 9.17) is 4.74 Å². The number of nitrogens with zero attached hydrogens (tertiary/aromatic N) is 3. The summed E-state index contributed by atoms with van der Waals surface area (Å²) in [7, 11) is 1.65. The van der Waals surface area contributed by atoms with Gasteiger partial charge >= 0.3 is 0 Å². The Morgan fingerprint density at radius 2 is 1.96 bits per heavy atom. The van der Waals surface area contributed by atoms with Gasteiger partial charge in [-0.3, -0.25) is 9.48 Å². The number of carbonyl (C=O) groups is 1. The van der Waals surface area contributed by atoms with E-state index < -0.39 is 0 Å². The minimum absolute atomic E-state index is 0.0256. The van der Waals surface area contributed by atoms with Crippen LogP contribution in [0.4, 0.5) is 0 Å². The molecule has 2 heterocycles. The zero-order valence-electron chi connectivity index (χ0n) is 13.2. The van der Waals surface area contributed by atoms with Crippen molar-refractivity contribution in [2.45, 2.75) is 13.1 Å². The molecule has 3 aromatic rings. The van der Waals surface area contributed by atoms with Crippen molar-refractivity contribution in [3.63, 3.8) is 0 Å².